The Kier molecular flexibility index (Phi) is 5.34. The molecule has 0 bridgehead atoms. The second-order valence-electron chi connectivity index (χ2n) is 4.18. The molecule has 0 saturated carbocycles. The Labute approximate surface area is 91.4 Å². The van der Waals surface area contributed by atoms with Crippen LogP contribution in [0.2, 0.25) is 0 Å². The Bertz CT molecular complexity index is 250. The van der Waals surface area contributed by atoms with Crippen molar-refractivity contribution in [3.63, 3.8) is 0 Å². The van der Waals surface area contributed by atoms with E-state index < -0.39 is 11.6 Å². The third-order valence-electron chi connectivity index (χ3n) is 1.93. The molecule has 0 aliphatic rings. The lowest BCUT2D eigenvalue weighted by Crippen LogP contribution is -2.48. The van der Waals surface area contributed by atoms with Gasteiger partial charge in [0, 0.05) is 19.5 Å². The Morgan fingerprint density at radius 1 is 1.67 bits per heavy atom. The minimum Gasteiger partial charge on any atom is -0.389 e. The summed E-state index contributed by atoms with van der Waals surface area (Å²) in [7, 11) is 0. The van der Waals surface area contributed by atoms with Crippen molar-refractivity contribution in [2.45, 2.75) is 38.8 Å². The lowest BCUT2D eigenvalue weighted by molar-refractivity contribution is -0.135. The summed E-state index contributed by atoms with van der Waals surface area (Å²) >= 11 is 0. The predicted molar refractivity (Wildman–Crippen MR) is 60.0 cm³/mol. The summed E-state index contributed by atoms with van der Waals surface area (Å²) in [5, 5.41) is 9.60. The van der Waals surface area contributed by atoms with Gasteiger partial charge in [-0.05, 0) is 20.8 Å². The van der Waals surface area contributed by atoms with E-state index in [9.17, 15) is 9.90 Å². The van der Waals surface area contributed by atoms with Crippen molar-refractivity contribution in [2.24, 2.45) is 5.73 Å². The first-order valence-electron chi connectivity index (χ1n) is 5.02. The zero-order valence-corrected chi connectivity index (χ0v) is 9.66. The van der Waals surface area contributed by atoms with Crippen molar-refractivity contribution in [3.05, 3.63) is 0 Å². The molecule has 0 aromatic rings. The van der Waals surface area contributed by atoms with Gasteiger partial charge in [-0.25, -0.2) is 0 Å². The standard InChI is InChI=1S/C11H20N2O2/c1-5-7-9(12)10(14)13(6-2)8-11(3,4)15/h1,9,15H,6-8,12H2,2-4H3. The van der Waals surface area contributed by atoms with Crippen LogP contribution in [0.15, 0.2) is 0 Å². The van der Waals surface area contributed by atoms with Crippen molar-refractivity contribution >= 4 is 5.91 Å². The van der Waals surface area contributed by atoms with Crippen LogP contribution in [0.5, 0.6) is 0 Å². The van der Waals surface area contributed by atoms with E-state index in [1.165, 1.54) is 4.90 Å². The smallest absolute Gasteiger partial charge is 0.240 e. The monoisotopic (exact) mass is 212 g/mol. The van der Waals surface area contributed by atoms with E-state index in [1.54, 1.807) is 13.8 Å². The number of likely N-dealkylation sites (N-methyl/N-ethyl adjacent to an activating group) is 1. The third kappa shape index (κ3) is 5.40. The number of aliphatic hydroxyl groups is 1. The molecule has 0 rings (SSSR count). The summed E-state index contributed by atoms with van der Waals surface area (Å²) in [6.07, 6.45) is 5.31. The first kappa shape index (κ1) is 13.9. The van der Waals surface area contributed by atoms with Crippen LogP contribution in [0.3, 0.4) is 0 Å². The van der Waals surface area contributed by atoms with Gasteiger partial charge in [0.2, 0.25) is 5.91 Å². The molecule has 0 spiro atoms. The Balaban J connectivity index is 4.42. The first-order valence-corrected chi connectivity index (χ1v) is 5.02. The first-order chi connectivity index (χ1) is 6.81. The number of amides is 1. The second kappa shape index (κ2) is 5.74. The summed E-state index contributed by atoms with van der Waals surface area (Å²) in [6.45, 7) is 5.92. The number of terminal acetylenes is 1. The second-order valence-corrected chi connectivity index (χ2v) is 4.18. The van der Waals surface area contributed by atoms with E-state index >= 15 is 0 Å². The molecule has 1 unspecified atom stereocenters. The normalized spacial score (nSPS) is 13.1. The van der Waals surface area contributed by atoms with Gasteiger partial charge in [-0.2, -0.15) is 0 Å². The highest BCUT2D eigenvalue weighted by Gasteiger charge is 2.24. The molecule has 4 heteroatoms. The van der Waals surface area contributed by atoms with E-state index in [4.69, 9.17) is 12.2 Å². The van der Waals surface area contributed by atoms with Crippen molar-refractivity contribution in [2.75, 3.05) is 13.1 Å². The number of carbonyl (C=O) groups excluding carboxylic acids is 1. The number of nitrogens with two attached hydrogens (primary N) is 1. The molecule has 0 aliphatic heterocycles. The van der Waals surface area contributed by atoms with E-state index in [0.29, 0.717) is 6.54 Å². The van der Waals surface area contributed by atoms with Gasteiger partial charge in [0.05, 0.1) is 11.6 Å². The van der Waals surface area contributed by atoms with Crippen LogP contribution >= 0.6 is 0 Å². The minimum atomic E-state index is -0.915. The summed E-state index contributed by atoms with van der Waals surface area (Å²) in [4.78, 5) is 13.3. The molecule has 86 valence electrons. The summed E-state index contributed by atoms with van der Waals surface area (Å²) in [5.74, 6) is 2.14. The van der Waals surface area contributed by atoms with Gasteiger partial charge >= 0.3 is 0 Å². The van der Waals surface area contributed by atoms with Gasteiger partial charge in [-0.1, -0.05) is 0 Å². The summed E-state index contributed by atoms with van der Waals surface area (Å²) in [5.41, 5.74) is 4.69. The van der Waals surface area contributed by atoms with Gasteiger partial charge in [-0.15, -0.1) is 12.3 Å². The van der Waals surface area contributed by atoms with Crippen LogP contribution < -0.4 is 5.73 Å². The summed E-state index contributed by atoms with van der Waals surface area (Å²) in [6, 6.07) is -0.669. The van der Waals surface area contributed by atoms with Crippen molar-refractivity contribution in [3.8, 4) is 12.3 Å². The maximum absolute atomic E-state index is 11.7. The molecule has 0 aromatic carbocycles. The predicted octanol–water partition coefficient (Wildman–Crippen LogP) is -0.0436. The molecule has 0 radical (unpaired) electrons. The Hall–Kier alpha value is -1.05. The molecule has 0 aliphatic carbocycles. The molecule has 1 atom stereocenters. The Morgan fingerprint density at radius 2 is 2.20 bits per heavy atom. The molecule has 3 N–H and O–H groups in total. The fraction of sp³-hybridized carbons (Fsp3) is 0.727. The van der Waals surface area contributed by atoms with E-state index in [2.05, 4.69) is 5.92 Å². The van der Waals surface area contributed by atoms with Crippen molar-refractivity contribution in [1.29, 1.82) is 0 Å². The average molecular weight is 212 g/mol. The zero-order valence-electron chi connectivity index (χ0n) is 9.66. The van der Waals surface area contributed by atoms with Crippen molar-refractivity contribution in [1.82, 2.24) is 4.90 Å². The molecular weight excluding hydrogens is 192 g/mol. The zero-order chi connectivity index (χ0) is 12.1. The molecular formula is C11H20N2O2. The molecule has 0 fully saturated rings. The van der Waals surface area contributed by atoms with Crippen LogP contribution in [-0.2, 0) is 4.79 Å². The number of hydrogen-bond acceptors (Lipinski definition) is 3. The van der Waals surface area contributed by atoms with Gasteiger partial charge in [-0.3, -0.25) is 4.79 Å². The summed E-state index contributed by atoms with van der Waals surface area (Å²) < 4.78 is 0. The third-order valence-corrected chi connectivity index (χ3v) is 1.93. The van der Waals surface area contributed by atoms with Gasteiger partial charge < -0.3 is 15.7 Å². The maximum atomic E-state index is 11.7. The highest BCUT2D eigenvalue weighted by molar-refractivity contribution is 5.82. The van der Waals surface area contributed by atoms with Gasteiger partial charge in [0.15, 0.2) is 0 Å². The van der Waals surface area contributed by atoms with Crippen LogP contribution in [-0.4, -0.2) is 40.6 Å². The highest BCUT2D eigenvalue weighted by atomic mass is 16.3. The van der Waals surface area contributed by atoms with E-state index in [0.717, 1.165) is 0 Å². The quantitative estimate of drug-likeness (QED) is 0.628. The van der Waals surface area contributed by atoms with Gasteiger partial charge in [0.1, 0.15) is 0 Å². The van der Waals surface area contributed by atoms with E-state index in [-0.39, 0.29) is 18.9 Å². The fourth-order valence-electron chi connectivity index (χ4n) is 1.26. The minimum absolute atomic E-state index is 0.211. The number of nitrogens with zero attached hydrogens (tertiary/aromatic N) is 1. The van der Waals surface area contributed by atoms with Crippen LogP contribution in [0.4, 0.5) is 0 Å². The maximum Gasteiger partial charge on any atom is 0.240 e. The highest BCUT2D eigenvalue weighted by Crippen LogP contribution is 2.06. The topological polar surface area (TPSA) is 66.6 Å². The fourth-order valence-corrected chi connectivity index (χ4v) is 1.26. The SMILES string of the molecule is C#CCC(N)C(=O)N(CC)CC(C)(C)O. The number of hydrogen-bond donors (Lipinski definition) is 2. The average Bonchev–Trinajstić information content (AvgIpc) is 2.12. The van der Waals surface area contributed by atoms with Crippen LogP contribution in [0.25, 0.3) is 0 Å². The molecule has 15 heavy (non-hydrogen) atoms. The molecule has 0 heterocycles. The lowest BCUT2D eigenvalue weighted by atomic mass is 10.1. The van der Waals surface area contributed by atoms with Crippen LogP contribution in [0.1, 0.15) is 27.2 Å². The number of carbonyl (C=O) groups is 1. The number of rotatable bonds is 5. The van der Waals surface area contributed by atoms with Crippen molar-refractivity contribution < 1.29 is 9.90 Å². The molecule has 0 aromatic heterocycles. The molecule has 4 nitrogen and oxygen atoms in total. The Morgan fingerprint density at radius 3 is 2.53 bits per heavy atom. The van der Waals surface area contributed by atoms with E-state index in [1.807, 2.05) is 6.92 Å². The van der Waals surface area contributed by atoms with Crippen LogP contribution in [0, 0.1) is 12.3 Å². The van der Waals surface area contributed by atoms with Gasteiger partial charge in [0.25, 0.3) is 0 Å². The lowest BCUT2D eigenvalue weighted by Gasteiger charge is -2.29. The molecule has 0 saturated heterocycles. The molecule has 1 amide bonds. The largest absolute Gasteiger partial charge is 0.389 e.